The van der Waals surface area contributed by atoms with Crippen molar-refractivity contribution in [3.63, 3.8) is 0 Å². The highest BCUT2D eigenvalue weighted by atomic mass is 32.2. The molecule has 2 amide bonds. The highest BCUT2D eigenvalue weighted by Gasteiger charge is 2.33. The van der Waals surface area contributed by atoms with Crippen molar-refractivity contribution in [3.8, 4) is 0 Å². The molecule has 0 saturated carbocycles. The summed E-state index contributed by atoms with van der Waals surface area (Å²) in [5, 5.41) is -0.0904. The Bertz CT molecular complexity index is 1370. The van der Waals surface area contributed by atoms with Gasteiger partial charge in [-0.25, -0.2) is 8.42 Å². The number of hydrogen-bond acceptors (Lipinski definition) is 5. The number of piperazine rings is 1. The fourth-order valence-electron chi connectivity index (χ4n) is 4.65. The highest BCUT2D eigenvalue weighted by molar-refractivity contribution is 8.00. The average Bonchev–Trinajstić information content (AvgIpc) is 3.29. The molecule has 37 heavy (non-hydrogen) atoms. The highest BCUT2D eigenvalue weighted by Crippen LogP contribution is 2.39. The number of benzene rings is 3. The van der Waals surface area contributed by atoms with E-state index in [1.165, 1.54) is 4.31 Å². The monoisotopic (exact) mass is 535 g/mol. The van der Waals surface area contributed by atoms with E-state index in [2.05, 4.69) is 0 Å². The lowest BCUT2D eigenvalue weighted by atomic mass is 10.1. The third kappa shape index (κ3) is 5.44. The summed E-state index contributed by atoms with van der Waals surface area (Å²) < 4.78 is 27.4. The van der Waals surface area contributed by atoms with Crippen molar-refractivity contribution in [3.05, 3.63) is 101 Å². The van der Waals surface area contributed by atoms with E-state index in [-0.39, 0.29) is 35.2 Å². The van der Waals surface area contributed by atoms with Crippen molar-refractivity contribution in [1.29, 1.82) is 0 Å². The molecule has 0 radical (unpaired) electrons. The van der Waals surface area contributed by atoms with Gasteiger partial charge in [-0.3, -0.25) is 9.59 Å². The van der Waals surface area contributed by atoms with Gasteiger partial charge in [-0.05, 0) is 42.3 Å². The number of carbonyl (C=O) groups excluding carboxylic acids is 2. The van der Waals surface area contributed by atoms with Crippen molar-refractivity contribution in [1.82, 2.24) is 14.1 Å². The Morgan fingerprint density at radius 1 is 0.892 bits per heavy atom. The van der Waals surface area contributed by atoms with Crippen LogP contribution in [0.15, 0.2) is 83.8 Å². The number of aryl methyl sites for hydroxylation is 1. The van der Waals surface area contributed by atoms with Gasteiger partial charge in [-0.15, -0.1) is 11.8 Å². The van der Waals surface area contributed by atoms with Crippen LogP contribution in [0.3, 0.4) is 0 Å². The van der Waals surface area contributed by atoms with Gasteiger partial charge < -0.3 is 9.80 Å². The molecule has 9 heteroatoms. The second-order valence-corrected chi connectivity index (χ2v) is 12.3. The maximum atomic E-state index is 13.1. The molecule has 2 saturated heterocycles. The van der Waals surface area contributed by atoms with Crippen LogP contribution >= 0.6 is 11.8 Å². The van der Waals surface area contributed by atoms with E-state index >= 15 is 0 Å². The molecule has 7 nitrogen and oxygen atoms in total. The normalized spacial score (nSPS) is 18.8. The van der Waals surface area contributed by atoms with Crippen molar-refractivity contribution in [2.24, 2.45) is 0 Å². The molecule has 0 N–H and O–H groups in total. The lowest BCUT2D eigenvalue weighted by Crippen LogP contribution is -2.50. The van der Waals surface area contributed by atoms with E-state index in [1.54, 1.807) is 53.1 Å². The van der Waals surface area contributed by atoms with Crippen molar-refractivity contribution < 1.29 is 18.0 Å². The third-order valence-electron chi connectivity index (χ3n) is 6.79. The van der Waals surface area contributed by atoms with Crippen molar-refractivity contribution in [2.45, 2.75) is 23.7 Å². The molecule has 5 rings (SSSR count). The standard InChI is InChI=1S/C28H29N3O4S2/c1-21-7-13-25(14-8-21)37(34,35)30-17-15-29(16-18-30)27(33)23-9-11-24(12-10-23)28-31(26(32)20-36-28)19-22-5-3-2-4-6-22/h2-14,28H,15-20H2,1H3/t28-/m1/s1. The second-order valence-electron chi connectivity index (χ2n) is 9.30. The summed E-state index contributed by atoms with van der Waals surface area (Å²) in [4.78, 5) is 29.5. The van der Waals surface area contributed by atoms with Crippen LogP contribution in [0.2, 0.25) is 0 Å². The van der Waals surface area contributed by atoms with Gasteiger partial charge in [0.2, 0.25) is 15.9 Å². The van der Waals surface area contributed by atoms with Crippen LogP contribution < -0.4 is 0 Å². The number of rotatable bonds is 6. The molecular weight excluding hydrogens is 506 g/mol. The van der Waals surface area contributed by atoms with E-state index in [0.29, 0.717) is 31.0 Å². The minimum absolute atomic E-state index is 0.0904. The average molecular weight is 536 g/mol. The van der Waals surface area contributed by atoms with E-state index in [4.69, 9.17) is 0 Å². The Morgan fingerprint density at radius 3 is 2.19 bits per heavy atom. The first kappa shape index (κ1) is 25.5. The second kappa shape index (κ2) is 10.7. The number of carbonyl (C=O) groups is 2. The smallest absolute Gasteiger partial charge is 0.253 e. The van der Waals surface area contributed by atoms with E-state index in [9.17, 15) is 18.0 Å². The molecule has 2 aliphatic rings. The van der Waals surface area contributed by atoms with Crippen LogP contribution in [-0.4, -0.2) is 66.3 Å². The van der Waals surface area contributed by atoms with Gasteiger partial charge in [-0.2, -0.15) is 4.31 Å². The molecule has 1 atom stereocenters. The van der Waals surface area contributed by atoms with Gasteiger partial charge in [0.1, 0.15) is 5.37 Å². The maximum absolute atomic E-state index is 13.1. The number of hydrogen-bond donors (Lipinski definition) is 0. The lowest BCUT2D eigenvalue weighted by Gasteiger charge is -2.34. The van der Waals surface area contributed by atoms with Gasteiger partial charge >= 0.3 is 0 Å². The predicted molar refractivity (Wildman–Crippen MR) is 144 cm³/mol. The molecule has 0 aliphatic carbocycles. The fraction of sp³-hybridized carbons (Fsp3) is 0.286. The Balaban J connectivity index is 1.22. The Labute approximate surface area is 222 Å². The van der Waals surface area contributed by atoms with Gasteiger partial charge in [-0.1, -0.05) is 60.2 Å². The zero-order chi connectivity index (χ0) is 26.0. The quantitative estimate of drug-likeness (QED) is 0.478. The fourth-order valence-corrected chi connectivity index (χ4v) is 7.26. The molecule has 2 aliphatic heterocycles. The summed E-state index contributed by atoms with van der Waals surface area (Å²) in [6.45, 7) is 3.66. The molecule has 0 spiro atoms. The molecule has 3 aromatic carbocycles. The molecule has 2 heterocycles. The Hall–Kier alpha value is -3.14. The lowest BCUT2D eigenvalue weighted by molar-refractivity contribution is -0.128. The van der Waals surface area contributed by atoms with Gasteiger partial charge in [0.05, 0.1) is 10.6 Å². The van der Waals surface area contributed by atoms with Crippen LogP contribution in [-0.2, 0) is 21.4 Å². The number of sulfonamides is 1. The maximum Gasteiger partial charge on any atom is 0.253 e. The Morgan fingerprint density at radius 2 is 1.54 bits per heavy atom. The summed E-state index contributed by atoms with van der Waals surface area (Å²) in [5.41, 5.74) is 3.63. The largest absolute Gasteiger partial charge is 0.336 e. The summed E-state index contributed by atoms with van der Waals surface area (Å²) >= 11 is 1.59. The van der Waals surface area contributed by atoms with Crippen LogP contribution in [0.25, 0.3) is 0 Å². The molecule has 0 aromatic heterocycles. The van der Waals surface area contributed by atoms with Crippen molar-refractivity contribution >= 4 is 33.6 Å². The molecular formula is C28H29N3O4S2. The Kier molecular flexibility index (Phi) is 7.37. The molecule has 0 unspecified atom stereocenters. The molecule has 2 fully saturated rings. The summed E-state index contributed by atoms with van der Waals surface area (Å²) in [7, 11) is -3.58. The van der Waals surface area contributed by atoms with Crippen LogP contribution in [0.1, 0.15) is 32.4 Å². The zero-order valence-electron chi connectivity index (χ0n) is 20.6. The molecule has 192 valence electrons. The molecule has 3 aromatic rings. The first-order chi connectivity index (χ1) is 17.8. The predicted octanol–water partition coefficient (Wildman–Crippen LogP) is 3.92. The summed E-state index contributed by atoms with van der Waals surface area (Å²) in [6, 6.07) is 24.2. The first-order valence-electron chi connectivity index (χ1n) is 12.2. The minimum atomic E-state index is -3.58. The van der Waals surface area contributed by atoms with Crippen molar-refractivity contribution in [2.75, 3.05) is 31.9 Å². The van der Waals surface area contributed by atoms with Crippen LogP contribution in [0.4, 0.5) is 0 Å². The first-order valence-corrected chi connectivity index (χ1v) is 14.7. The topological polar surface area (TPSA) is 78.0 Å². The summed E-state index contributed by atoms with van der Waals surface area (Å²) in [6.07, 6.45) is 0. The minimum Gasteiger partial charge on any atom is -0.336 e. The van der Waals surface area contributed by atoms with E-state index < -0.39 is 10.0 Å². The summed E-state index contributed by atoms with van der Waals surface area (Å²) in [5.74, 6) is 0.432. The van der Waals surface area contributed by atoms with Gasteiger partial charge in [0.25, 0.3) is 5.91 Å². The number of amides is 2. The van der Waals surface area contributed by atoms with Gasteiger partial charge in [0.15, 0.2) is 0 Å². The van der Waals surface area contributed by atoms with Gasteiger partial charge in [0, 0.05) is 38.3 Å². The third-order valence-corrected chi connectivity index (χ3v) is 9.96. The molecule has 0 bridgehead atoms. The SMILES string of the molecule is Cc1ccc(S(=O)(=O)N2CCN(C(=O)c3ccc([C@H]4SCC(=O)N4Cc4ccccc4)cc3)CC2)cc1. The number of thioether (sulfide) groups is 1. The number of nitrogens with zero attached hydrogens (tertiary/aromatic N) is 3. The van der Waals surface area contributed by atoms with E-state index in [1.807, 2.05) is 54.3 Å². The van der Waals surface area contributed by atoms with Crippen LogP contribution in [0.5, 0.6) is 0 Å². The van der Waals surface area contributed by atoms with Crippen LogP contribution in [0, 0.1) is 6.92 Å². The zero-order valence-corrected chi connectivity index (χ0v) is 22.2. The van der Waals surface area contributed by atoms with E-state index in [0.717, 1.165) is 16.7 Å².